The highest BCUT2D eigenvalue weighted by atomic mass is 79.9. The fraction of sp³-hybridized carbons (Fsp3) is 1.00. The Bertz CT molecular complexity index is 211. The molecule has 0 saturated heterocycles. The molecule has 0 aliphatic heterocycles. The van der Waals surface area contributed by atoms with Gasteiger partial charge in [-0.25, -0.2) is 0 Å². The number of alkyl halides is 1. The number of hydrogen-bond acceptors (Lipinski definition) is 3. The van der Waals surface area contributed by atoms with Crippen molar-refractivity contribution in [2.75, 3.05) is 14.2 Å². The van der Waals surface area contributed by atoms with E-state index >= 15 is 0 Å². The normalized spacial score (nSPS) is 41.2. The van der Waals surface area contributed by atoms with E-state index in [1.165, 1.54) is 0 Å². The summed E-state index contributed by atoms with van der Waals surface area (Å²) in [5.41, 5.74) is -0.335. The van der Waals surface area contributed by atoms with E-state index in [0.29, 0.717) is 15.3 Å². The Balaban J connectivity index is 3.04. The van der Waals surface area contributed by atoms with Crippen molar-refractivity contribution in [2.24, 2.45) is 0 Å². The average molecular weight is 297 g/mol. The molecule has 0 radical (unpaired) electrons. The van der Waals surface area contributed by atoms with Crippen LogP contribution in [0, 0.1) is 0 Å². The van der Waals surface area contributed by atoms with Crippen LogP contribution in [-0.4, -0.2) is 40.9 Å². The molecule has 3 nitrogen and oxygen atoms in total. The molecule has 0 N–H and O–H groups in total. The second-order valence-corrected chi connectivity index (χ2v) is 5.52. The van der Waals surface area contributed by atoms with Crippen LogP contribution in [0.5, 0.6) is 0 Å². The van der Waals surface area contributed by atoms with Crippen molar-refractivity contribution < 1.29 is 13.9 Å². The van der Waals surface area contributed by atoms with Gasteiger partial charge >= 0.3 is 0 Å². The molecular formula is C10H21BrO3Si. The van der Waals surface area contributed by atoms with Gasteiger partial charge in [0.2, 0.25) is 0 Å². The maximum atomic E-state index is 5.77. The predicted octanol–water partition coefficient (Wildman–Crippen LogP) is 1.37. The Labute approximate surface area is 104 Å². The highest BCUT2D eigenvalue weighted by Gasteiger charge is 2.60. The third-order valence-corrected chi connectivity index (χ3v) is 5.38. The van der Waals surface area contributed by atoms with Crippen LogP contribution in [0.1, 0.15) is 32.6 Å². The van der Waals surface area contributed by atoms with Crippen molar-refractivity contribution in [1.82, 2.24) is 0 Å². The summed E-state index contributed by atoms with van der Waals surface area (Å²) >= 11 is 3.71. The Kier molecular flexibility index (Phi) is 4.79. The molecule has 3 atom stereocenters. The van der Waals surface area contributed by atoms with Gasteiger partial charge in [0.1, 0.15) is 16.1 Å². The summed E-state index contributed by atoms with van der Waals surface area (Å²) in [4.78, 5) is 0.309. The SMILES string of the molecule is CCCC1(OC)C(Br)CCC1(OC)O[SiH3]. The zero-order chi connectivity index (χ0) is 11.5. The number of rotatable bonds is 5. The van der Waals surface area contributed by atoms with Crippen molar-refractivity contribution in [1.29, 1.82) is 0 Å². The zero-order valence-electron chi connectivity index (χ0n) is 10.0. The number of halogens is 1. The monoisotopic (exact) mass is 296 g/mol. The molecule has 90 valence electrons. The highest BCUT2D eigenvalue weighted by molar-refractivity contribution is 9.09. The first-order chi connectivity index (χ1) is 7.12. The summed E-state index contributed by atoms with van der Waals surface area (Å²) in [7, 11) is 4.13. The molecule has 0 amide bonds. The number of hydrogen-bond donors (Lipinski definition) is 0. The first-order valence-electron chi connectivity index (χ1n) is 5.42. The summed E-state index contributed by atoms with van der Waals surface area (Å²) in [5, 5.41) is 0. The number of methoxy groups -OCH3 is 2. The zero-order valence-corrected chi connectivity index (χ0v) is 13.6. The van der Waals surface area contributed by atoms with Gasteiger partial charge in [-0.3, -0.25) is 0 Å². The van der Waals surface area contributed by atoms with E-state index in [4.69, 9.17) is 13.9 Å². The standard InChI is InChI=1S/C10H21BrO3Si/c1-4-6-9(12-2)8(11)5-7-10(9,13-3)14-15/h8H,4-7H2,1-3,15H3. The molecule has 0 aromatic heterocycles. The van der Waals surface area contributed by atoms with Gasteiger partial charge in [-0.15, -0.1) is 0 Å². The molecule has 5 heteroatoms. The molecule has 0 bridgehead atoms. The maximum absolute atomic E-state index is 5.77. The average Bonchev–Trinajstić information content (AvgIpc) is 2.54. The highest BCUT2D eigenvalue weighted by Crippen LogP contribution is 2.50. The summed E-state index contributed by atoms with van der Waals surface area (Å²) in [5.74, 6) is -0.544. The van der Waals surface area contributed by atoms with Crippen LogP contribution in [-0.2, 0) is 13.9 Å². The van der Waals surface area contributed by atoms with Gasteiger partial charge < -0.3 is 13.9 Å². The lowest BCUT2D eigenvalue weighted by Crippen LogP contribution is -2.57. The molecular weight excluding hydrogens is 276 g/mol. The molecule has 1 saturated carbocycles. The minimum absolute atomic E-state index is 0.309. The maximum Gasteiger partial charge on any atom is 0.188 e. The van der Waals surface area contributed by atoms with Crippen LogP contribution in [0.3, 0.4) is 0 Å². The van der Waals surface area contributed by atoms with Crippen LogP contribution in [0.4, 0.5) is 0 Å². The molecule has 0 aromatic carbocycles. The topological polar surface area (TPSA) is 27.7 Å². The van der Waals surface area contributed by atoms with Crippen LogP contribution < -0.4 is 0 Å². The van der Waals surface area contributed by atoms with Crippen LogP contribution in [0.25, 0.3) is 0 Å². The molecule has 1 aliphatic rings. The van der Waals surface area contributed by atoms with Crippen LogP contribution in [0.2, 0.25) is 0 Å². The lowest BCUT2D eigenvalue weighted by molar-refractivity contribution is -0.264. The van der Waals surface area contributed by atoms with Gasteiger partial charge in [0.25, 0.3) is 0 Å². The first kappa shape index (κ1) is 13.6. The van der Waals surface area contributed by atoms with Crippen LogP contribution in [0.15, 0.2) is 0 Å². The smallest absolute Gasteiger partial charge is 0.188 e. The summed E-state index contributed by atoms with van der Waals surface area (Å²) in [6.07, 6.45) is 3.95. The summed E-state index contributed by atoms with van der Waals surface area (Å²) in [6, 6.07) is 0. The van der Waals surface area contributed by atoms with Crippen LogP contribution >= 0.6 is 15.9 Å². The number of ether oxygens (including phenoxy) is 2. The van der Waals surface area contributed by atoms with Crippen molar-refractivity contribution >= 4 is 26.4 Å². The quantitative estimate of drug-likeness (QED) is 0.436. The van der Waals surface area contributed by atoms with E-state index in [0.717, 1.165) is 25.7 Å². The molecule has 15 heavy (non-hydrogen) atoms. The molecule has 1 fully saturated rings. The molecule has 0 aromatic rings. The van der Waals surface area contributed by atoms with E-state index < -0.39 is 5.79 Å². The summed E-state index contributed by atoms with van der Waals surface area (Å²) < 4.78 is 17.1. The van der Waals surface area contributed by atoms with Crippen molar-refractivity contribution in [3.63, 3.8) is 0 Å². The Morgan fingerprint density at radius 2 is 2.07 bits per heavy atom. The molecule has 0 heterocycles. The van der Waals surface area contributed by atoms with Gasteiger partial charge in [0, 0.05) is 25.5 Å². The minimum atomic E-state index is -0.544. The van der Waals surface area contributed by atoms with E-state index in [1.807, 2.05) is 0 Å². The van der Waals surface area contributed by atoms with E-state index in [2.05, 4.69) is 22.9 Å². The fourth-order valence-electron chi connectivity index (χ4n) is 2.74. The Morgan fingerprint density at radius 1 is 1.40 bits per heavy atom. The van der Waals surface area contributed by atoms with Crippen molar-refractivity contribution in [3.8, 4) is 0 Å². The Morgan fingerprint density at radius 3 is 2.47 bits per heavy atom. The van der Waals surface area contributed by atoms with Gasteiger partial charge in [-0.1, -0.05) is 29.3 Å². The fourth-order valence-corrected chi connectivity index (χ4v) is 4.45. The van der Waals surface area contributed by atoms with Gasteiger partial charge in [0.05, 0.1) is 0 Å². The lowest BCUT2D eigenvalue weighted by atomic mass is 9.90. The minimum Gasteiger partial charge on any atom is -0.399 e. The van der Waals surface area contributed by atoms with E-state index in [9.17, 15) is 0 Å². The third-order valence-electron chi connectivity index (χ3n) is 3.52. The second kappa shape index (κ2) is 5.27. The van der Waals surface area contributed by atoms with Crippen molar-refractivity contribution in [3.05, 3.63) is 0 Å². The first-order valence-corrected chi connectivity index (χ1v) is 7.15. The molecule has 3 unspecified atom stereocenters. The van der Waals surface area contributed by atoms with Crippen molar-refractivity contribution in [2.45, 2.75) is 48.8 Å². The van der Waals surface area contributed by atoms with E-state index in [1.54, 1.807) is 14.2 Å². The third kappa shape index (κ3) is 1.93. The van der Waals surface area contributed by atoms with Gasteiger partial charge in [0.15, 0.2) is 5.79 Å². The molecule has 1 rings (SSSR count). The lowest BCUT2D eigenvalue weighted by Gasteiger charge is -2.44. The predicted molar refractivity (Wildman–Crippen MR) is 67.4 cm³/mol. The largest absolute Gasteiger partial charge is 0.399 e. The summed E-state index contributed by atoms with van der Waals surface area (Å²) in [6.45, 7) is 2.16. The molecule has 0 spiro atoms. The Hall–Kier alpha value is 0.577. The van der Waals surface area contributed by atoms with E-state index in [-0.39, 0.29) is 5.60 Å². The molecule has 1 aliphatic carbocycles. The van der Waals surface area contributed by atoms with Gasteiger partial charge in [-0.05, 0) is 12.8 Å². The van der Waals surface area contributed by atoms with Gasteiger partial charge in [-0.2, -0.15) is 0 Å². The second-order valence-electron chi connectivity index (χ2n) is 4.01.